The van der Waals surface area contributed by atoms with Gasteiger partial charge in [-0.2, -0.15) is 13.2 Å². The quantitative estimate of drug-likeness (QED) is 0.482. The van der Waals surface area contributed by atoms with Crippen molar-refractivity contribution < 1.29 is 22.7 Å². The predicted molar refractivity (Wildman–Crippen MR) is 107 cm³/mol. The van der Waals surface area contributed by atoms with Gasteiger partial charge >= 0.3 is 6.18 Å². The standard InChI is InChI=1S/C20H19ClF3N5O2/c1-28-13-25-11-17(28)18(30)29(12-14-5-2-3-6-16(14)21)7-4-8-31-15-9-26-19(27-10-15)20(22,23)24/h2-3,5-6,9-11,13H,4,7-8,12H2,1H3. The van der Waals surface area contributed by atoms with Crippen LogP contribution >= 0.6 is 11.6 Å². The Morgan fingerprint density at radius 2 is 1.90 bits per heavy atom. The van der Waals surface area contributed by atoms with Crippen molar-refractivity contribution in [3.63, 3.8) is 0 Å². The molecule has 3 aromatic rings. The second kappa shape index (κ2) is 9.78. The zero-order chi connectivity index (χ0) is 22.4. The molecule has 31 heavy (non-hydrogen) atoms. The summed E-state index contributed by atoms with van der Waals surface area (Å²) in [6, 6.07) is 7.22. The Morgan fingerprint density at radius 3 is 2.52 bits per heavy atom. The van der Waals surface area contributed by atoms with Gasteiger partial charge in [0.15, 0.2) is 5.75 Å². The van der Waals surface area contributed by atoms with Crippen LogP contribution in [-0.2, 0) is 19.8 Å². The highest BCUT2D eigenvalue weighted by atomic mass is 35.5. The molecule has 2 heterocycles. The van der Waals surface area contributed by atoms with E-state index in [-0.39, 0.29) is 24.8 Å². The number of alkyl halides is 3. The second-order valence-electron chi connectivity index (χ2n) is 6.65. The SMILES string of the molecule is Cn1cncc1C(=O)N(CCCOc1cnc(C(F)(F)F)nc1)Cc1ccccc1Cl. The van der Waals surface area contributed by atoms with Gasteiger partial charge < -0.3 is 14.2 Å². The Balaban J connectivity index is 1.62. The molecule has 2 aromatic heterocycles. The third-order valence-corrected chi connectivity index (χ3v) is 4.73. The van der Waals surface area contributed by atoms with E-state index in [1.807, 2.05) is 12.1 Å². The molecule has 7 nitrogen and oxygen atoms in total. The fourth-order valence-electron chi connectivity index (χ4n) is 2.79. The summed E-state index contributed by atoms with van der Waals surface area (Å²) in [5, 5.41) is 0.545. The van der Waals surface area contributed by atoms with Crippen molar-refractivity contribution in [1.29, 1.82) is 0 Å². The van der Waals surface area contributed by atoms with Crippen molar-refractivity contribution in [2.45, 2.75) is 19.1 Å². The topological polar surface area (TPSA) is 73.1 Å². The third-order valence-electron chi connectivity index (χ3n) is 4.36. The van der Waals surface area contributed by atoms with Crippen LogP contribution < -0.4 is 4.74 Å². The molecule has 1 aromatic carbocycles. The molecule has 0 spiro atoms. The smallest absolute Gasteiger partial charge is 0.451 e. The molecular formula is C20H19ClF3N5O2. The van der Waals surface area contributed by atoms with Crippen molar-refractivity contribution in [3.8, 4) is 5.75 Å². The summed E-state index contributed by atoms with van der Waals surface area (Å²) in [7, 11) is 1.72. The normalized spacial score (nSPS) is 11.4. The van der Waals surface area contributed by atoms with Gasteiger partial charge in [-0.25, -0.2) is 15.0 Å². The van der Waals surface area contributed by atoms with Crippen LogP contribution in [0.3, 0.4) is 0 Å². The zero-order valence-corrected chi connectivity index (χ0v) is 17.3. The Kier molecular flexibility index (Phi) is 7.11. The van der Waals surface area contributed by atoms with Crippen molar-refractivity contribution in [1.82, 2.24) is 24.4 Å². The second-order valence-corrected chi connectivity index (χ2v) is 7.06. The van der Waals surface area contributed by atoms with Crippen molar-refractivity contribution >= 4 is 17.5 Å². The number of halogens is 4. The van der Waals surface area contributed by atoms with E-state index in [9.17, 15) is 18.0 Å². The van der Waals surface area contributed by atoms with Crippen molar-refractivity contribution in [2.24, 2.45) is 7.05 Å². The fraction of sp³-hybridized carbons (Fsp3) is 0.300. The van der Waals surface area contributed by atoms with Gasteiger partial charge in [0.25, 0.3) is 5.91 Å². The molecule has 0 N–H and O–H groups in total. The summed E-state index contributed by atoms with van der Waals surface area (Å²) in [5.41, 5.74) is 1.21. The molecule has 0 atom stereocenters. The summed E-state index contributed by atoms with van der Waals surface area (Å²) in [4.78, 5) is 25.1. The molecule has 0 fully saturated rings. The first kappa shape index (κ1) is 22.5. The number of rotatable bonds is 8. The van der Waals surface area contributed by atoms with E-state index in [0.717, 1.165) is 18.0 Å². The number of hydrogen-bond acceptors (Lipinski definition) is 5. The highest BCUT2D eigenvalue weighted by molar-refractivity contribution is 6.31. The summed E-state index contributed by atoms with van der Waals surface area (Å²) < 4.78 is 44.6. The maximum Gasteiger partial charge on any atom is 0.451 e. The lowest BCUT2D eigenvalue weighted by Gasteiger charge is -2.23. The molecule has 11 heteroatoms. The number of hydrogen-bond donors (Lipinski definition) is 0. The molecule has 0 radical (unpaired) electrons. The van der Waals surface area contributed by atoms with Crippen LogP contribution in [0, 0.1) is 0 Å². The van der Waals surface area contributed by atoms with Gasteiger partial charge in [0, 0.05) is 25.2 Å². The molecule has 164 valence electrons. The summed E-state index contributed by atoms with van der Waals surface area (Å²) in [6.07, 6.45) is 0.780. The molecule has 0 aliphatic carbocycles. The zero-order valence-electron chi connectivity index (χ0n) is 16.5. The van der Waals surface area contributed by atoms with E-state index in [0.29, 0.717) is 23.7 Å². The molecular weight excluding hydrogens is 435 g/mol. The average Bonchev–Trinajstić information content (AvgIpc) is 3.16. The van der Waals surface area contributed by atoms with Crippen LogP contribution in [0.15, 0.2) is 49.2 Å². The molecule has 1 amide bonds. The van der Waals surface area contributed by atoms with Gasteiger partial charge in [-0.05, 0) is 18.1 Å². The number of aromatic nitrogens is 4. The first-order chi connectivity index (χ1) is 14.8. The number of nitrogens with zero attached hydrogens (tertiary/aromatic N) is 5. The minimum Gasteiger partial charge on any atom is -0.490 e. The minimum absolute atomic E-state index is 0.114. The summed E-state index contributed by atoms with van der Waals surface area (Å²) >= 11 is 6.24. The fourth-order valence-corrected chi connectivity index (χ4v) is 2.99. The molecule has 0 saturated heterocycles. The number of carbonyl (C=O) groups excluding carboxylic acids is 1. The Morgan fingerprint density at radius 1 is 1.19 bits per heavy atom. The maximum absolute atomic E-state index is 13.0. The number of amides is 1. The number of aryl methyl sites for hydroxylation is 1. The van der Waals surface area contributed by atoms with Crippen molar-refractivity contribution in [2.75, 3.05) is 13.2 Å². The largest absolute Gasteiger partial charge is 0.490 e. The number of ether oxygens (including phenoxy) is 1. The first-order valence-electron chi connectivity index (χ1n) is 9.26. The Bertz CT molecular complexity index is 1020. The highest BCUT2D eigenvalue weighted by Gasteiger charge is 2.34. The molecule has 0 aliphatic rings. The van der Waals surface area contributed by atoms with Gasteiger partial charge in [0.2, 0.25) is 5.82 Å². The number of carbonyl (C=O) groups is 1. The minimum atomic E-state index is -4.61. The van der Waals surface area contributed by atoms with Gasteiger partial charge in [0.1, 0.15) is 5.69 Å². The highest BCUT2D eigenvalue weighted by Crippen LogP contribution is 2.26. The van der Waals surface area contributed by atoms with Gasteiger partial charge in [-0.3, -0.25) is 4.79 Å². The van der Waals surface area contributed by atoms with Crippen LogP contribution in [0.2, 0.25) is 5.02 Å². The number of benzene rings is 1. The van der Waals surface area contributed by atoms with E-state index in [4.69, 9.17) is 16.3 Å². The lowest BCUT2D eigenvalue weighted by Crippen LogP contribution is -2.33. The summed E-state index contributed by atoms with van der Waals surface area (Å²) in [6.45, 7) is 0.774. The van der Waals surface area contributed by atoms with E-state index < -0.39 is 12.0 Å². The first-order valence-corrected chi connectivity index (χ1v) is 9.64. The molecule has 0 bridgehead atoms. The molecule has 0 aliphatic heterocycles. The van der Waals surface area contributed by atoms with Crippen LogP contribution in [0.25, 0.3) is 0 Å². The monoisotopic (exact) mass is 453 g/mol. The Labute approximate surface area is 181 Å². The van der Waals surface area contributed by atoms with Crippen LogP contribution in [0.4, 0.5) is 13.2 Å². The van der Waals surface area contributed by atoms with Crippen LogP contribution in [-0.4, -0.2) is 43.5 Å². The van der Waals surface area contributed by atoms with E-state index in [1.54, 1.807) is 28.6 Å². The maximum atomic E-state index is 13.0. The van der Waals surface area contributed by atoms with E-state index >= 15 is 0 Å². The van der Waals surface area contributed by atoms with Gasteiger partial charge in [-0.1, -0.05) is 29.8 Å². The molecule has 0 saturated carbocycles. The van der Waals surface area contributed by atoms with Crippen molar-refractivity contribution in [3.05, 3.63) is 71.3 Å². The third kappa shape index (κ3) is 5.94. The van der Waals surface area contributed by atoms with Gasteiger partial charge in [-0.15, -0.1) is 0 Å². The number of imidazole rings is 1. The van der Waals surface area contributed by atoms with E-state index in [1.165, 1.54) is 12.5 Å². The van der Waals surface area contributed by atoms with Crippen LogP contribution in [0.5, 0.6) is 5.75 Å². The van der Waals surface area contributed by atoms with Crippen LogP contribution in [0.1, 0.15) is 28.3 Å². The average molecular weight is 454 g/mol. The predicted octanol–water partition coefficient (Wildman–Crippen LogP) is 3.99. The lowest BCUT2D eigenvalue weighted by atomic mass is 10.2. The molecule has 0 unspecified atom stereocenters. The summed E-state index contributed by atoms with van der Waals surface area (Å²) in [5.74, 6) is -1.34. The molecule has 3 rings (SSSR count). The van der Waals surface area contributed by atoms with Gasteiger partial charge in [0.05, 0.1) is 31.5 Å². The lowest BCUT2D eigenvalue weighted by molar-refractivity contribution is -0.145. The Hall–Kier alpha value is -3.14. The van der Waals surface area contributed by atoms with E-state index in [2.05, 4.69) is 15.0 Å².